The number of hydrogen-bond donors (Lipinski definition) is 0. The number of furan rings is 1. The van der Waals surface area contributed by atoms with E-state index >= 15 is 0 Å². The van der Waals surface area contributed by atoms with E-state index in [1.807, 2.05) is 54.3 Å². The molecule has 0 spiro atoms. The third kappa shape index (κ3) is 3.11. The van der Waals surface area contributed by atoms with Gasteiger partial charge in [-0.05, 0) is 48.9 Å². The first-order valence-corrected chi connectivity index (χ1v) is 9.28. The Labute approximate surface area is 159 Å². The molecule has 130 valence electrons. The number of Topliss-reactive ketones (excluding diaryl/α,β-unsaturated/α-hetero) is 1. The normalized spacial score (nSPS) is 11.0. The van der Waals surface area contributed by atoms with Crippen molar-refractivity contribution in [2.24, 2.45) is 0 Å². The maximum atomic E-state index is 12.7. The molecule has 0 radical (unpaired) electrons. The van der Waals surface area contributed by atoms with Gasteiger partial charge < -0.3 is 9.32 Å². The van der Waals surface area contributed by atoms with Gasteiger partial charge in [0.1, 0.15) is 0 Å². The molecule has 0 atom stereocenters. The number of para-hydroxylation sites is 1. The van der Waals surface area contributed by atoms with Crippen LogP contribution in [-0.2, 0) is 0 Å². The Balaban J connectivity index is 1.80. The monoisotopic (exact) mass is 382 g/mol. The lowest BCUT2D eigenvalue weighted by atomic mass is 10.1. The van der Waals surface area contributed by atoms with Gasteiger partial charge in [-0.3, -0.25) is 4.79 Å². The van der Waals surface area contributed by atoms with Crippen molar-refractivity contribution in [1.29, 1.82) is 0 Å². The lowest BCUT2D eigenvalue weighted by molar-refractivity contribution is 0.0975. The quantitative estimate of drug-likeness (QED) is 0.405. The second-order valence-electron chi connectivity index (χ2n) is 5.83. The Morgan fingerprint density at radius 1 is 1.15 bits per heavy atom. The molecule has 2 aromatic carbocycles. The molecule has 2 heterocycles. The smallest absolute Gasteiger partial charge is 0.217 e. The summed E-state index contributed by atoms with van der Waals surface area (Å²) in [7, 11) is 0. The molecule has 0 unspecified atom stereocenters. The molecule has 0 amide bonds. The van der Waals surface area contributed by atoms with Crippen molar-refractivity contribution in [3.05, 3.63) is 77.2 Å². The number of aromatic nitrogens is 1. The summed E-state index contributed by atoms with van der Waals surface area (Å²) < 4.78 is 6.33. The third-order valence-corrected chi connectivity index (χ3v) is 5.61. The molecule has 0 N–H and O–H groups in total. The first-order chi connectivity index (χ1) is 12.6. The van der Waals surface area contributed by atoms with E-state index in [9.17, 15) is 4.79 Å². The Kier molecular flexibility index (Phi) is 4.49. The van der Waals surface area contributed by atoms with E-state index < -0.39 is 0 Å². The van der Waals surface area contributed by atoms with Gasteiger partial charge in [0.15, 0.2) is 10.9 Å². The number of fused-ring (bicyclic) bond motifs is 1. The lowest BCUT2D eigenvalue weighted by Gasteiger charge is -2.23. The predicted octanol–water partition coefficient (Wildman–Crippen LogP) is 5.87. The minimum absolute atomic E-state index is 0.117. The predicted molar refractivity (Wildman–Crippen MR) is 106 cm³/mol. The standard InChI is InChI=1S/C20H15ClN2O2S/c1-13-14(21)6-4-8-16(13)23(12-17(24)18-9-5-11-25-18)20-22-15-7-2-3-10-19(15)26-20/h2-11H,12H2,1H3. The van der Waals surface area contributed by atoms with Crippen molar-refractivity contribution in [3.63, 3.8) is 0 Å². The van der Waals surface area contributed by atoms with E-state index in [0.717, 1.165) is 26.6 Å². The molecule has 0 fully saturated rings. The molecule has 0 aliphatic rings. The zero-order chi connectivity index (χ0) is 18.1. The van der Waals surface area contributed by atoms with Gasteiger partial charge in [0.25, 0.3) is 0 Å². The summed E-state index contributed by atoms with van der Waals surface area (Å²) in [6.45, 7) is 2.06. The third-order valence-electron chi connectivity index (χ3n) is 4.14. The van der Waals surface area contributed by atoms with Crippen molar-refractivity contribution in [2.45, 2.75) is 6.92 Å². The van der Waals surface area contributed by atoms with Gasteiger partial charge in [0.05, 0.1) is 23.0 Å². The van der Waals surface area contributed by atoms with Crippen LogP contribution in [0.1, 0.15) is 16.1 Å². The van der Waals surface area contributed by atoms with Gasteiger partial charge in [0.2, 0.25) is 5.78 Å². The molecule has 0 saturated heterocycles. The van der Waals surface area contributed by atoms with Crippen LogP contribution in [0.4, 0.5) is 10.8 Å². The number of anilines is 2. The number of hydrogen-bond acceptors (Lipinski definition) is 5. The molecule has 4 rings (SSSR count). The summed E-state index contributed by atoms with van der Waals surface area (Å²) in [6.07, 6.45) is 1.50. The number of benzene rings is 2. The zero-order valence-electron chi connectivity index (χ0n) is 14.0. The summed E-state index contributed by atoms with van der Waals surface area (Å²) in [6, 6.07) is 17.0. The lowest BCUT2D eigenvalue weighted by Crippen LogP contribution is -2.25. The molecule has 4 nitrogen and oxygen atoms in total. The second kappa shape index (κ2) is 6.94. The summed E-state index contributed by atoms with van der Waals surface area (Å²) >= 11 is 7.86. The highest BCUT2D eigenvalue weighted by Gasteiger charge is 2.22. The van der Waals surface area contributed by atoms with Gasteiger partial charge in [-0.1, -0.05) is 41.1 Å². The largest absolute Gasteiger partial charge is 0.461 e. The summed E-state index contributed by atoms with van der Waals surface area (Å²) in [4.78, 5) is 19.3. The van der Waals surface area contributed by atoms with Crippen molar-refractivity contribution in [1.82, 2.24) is 4.98 Å². The van der Waals surface area contributed by atoms with Crippen LogP contribution >= 0.6 is 22.9 Å². The van der Waals surface area contributed by atoms with Crippen LogP contribution in [0.5, 0.6) is 0 Å². The van der Waals surface area contributed by atoms with Crippen LogP contribution in [0.2, 0.25) is 5.02 Å². The maximum Gasteiger partial charge on any atom is 0.217 e. The minimum Gasteiger partial charge on any atom is -0.461 e. The van der Waals surface area contributed by atoms with E-state index in [1.165, 1.54) is 6.26 Å². The van der Waals surface area contributed by atoms with E-state index in [1.54, 1.807) is 23.5 Å². The molecular formula is C20H15ClN2O2S. The van der Waals surface area contributed by atoms with Crippen LogP contribution in [0.3, 0.4) is 0 Å². The van der Waals surface area contributed by atoms with Crippen LogP contribution in [0, 0.1) is 6.92 Å². The topological polar surface area (TPSA) is 46.3 Å². The molecule has 6 heteroatoms. The first-order valence-electron chi connectivity index (χ1n) is 8.08. The molecule has 0 bridgehead atoms. The number of carbonyl (C=O) groups excluding carboxylic acids is 1. The number of thiazole rings is 1. The average Bonchev–Trinajstić information content (AvgIpc) is 3.31. The zero-order valence-corrected chi connectivity index (χ0v) is 15.6. The number of rotatable bonds is 5. The molecule has 4 aromatic rings. The average molecular weight is 383 g/mol. The van der Waals surface area contributed by atoms with E-state index in [2.05, 4.69) is 0 Å². The SMILES string of the molecule is Cc1c(Cl)cccc1N(CC(=O)c1ccco1)c1nc2ccccc2s1. The minimum atomic E-state index is -0.117. The highest BCUT2D eigenvalue weighted by molar-refractivity contribution is 7.22. The highest BCUT2D eigenvalue weighted by Crippen LogP contribution is 2.36. The van der Waals surface area contributed by atoms with Crippen molar-refractivity contribution >= 4 is 49.8 Å². The summed E-state index contributed by atoms with van der Waals surface area (Å²) in [5.74, 6) is 0.212. The fraction of sp³-hybridized carbons (Fsp3) is 0.100. The van der Waals surface area contributed by atoms with Crippen LogP contribution in [0.15, 0.2) is 65.3 Å². The fourth-order valence-electron chi connectivity index (χ4n) is 2.78. The Morgan fingerprint density at radius 2 is 2.00 bits per heavy atom. The van der Waals surface area contributed by atoms with Gasteiger partial charge in [-0.25, -0.2) is 4.98 Å². The van der Waals surface area contributed by atoms with Crippen molar-refractivity contribution < 1.29 is 9.21 Å². The first kappa shape index (κ1) is 16.8. The van der Waals surface area contributed by atoms with E-state index in [-0.39, 0.29) is 12.3 Å². The van der Waals surface area contributed by atoms with Crippen molar-refractivity contribution in [3.8, 4) is 0 Å². The molecule has 0 aliphatic carbocycles. The van der Waals surface area contributed by atoms with Gasteiger partial charge in [0, 0.05) is 10.7 Å². The van der Waals surface area contributed by atoms with Gasteiger partial charge in [-0.2, -0.15) is 0 Å². The molecular weight excluding hydrogens is 368 g/mol. The van der Waals surface area contributed by atoms with Gasteiger partial charge >= 0.3 is 0 Å². The number of nitrogens with zero attached hydrogens (tertiary/aromatic N) is 2. The Morgan fingerprint density at radius 3 is 2.77 bits per heavy atom. The second-order valence-corrected chi connectivity index (χ2v) is 7.25. The summed E-state index contributed by atoms with van der Waals surface area (Å²) in [5.41, 5.74) is 2.67. The fourth-order valence-corrected chi connectivity index (χ4v) is 3.93. The summed E-state index contributed by atoms with van der Waals surface area (Å²) in [5, 5.41) is 1.40. The molecule has 0 aliphatic heterocycles. The highest BCUT2D eigenvalue weighted by atomic mass is 35.5. The molecule has 2 aromatic heterocycles. The molecule has 26 heavy (non-hydrogen) atoms. The number of ketones is 1. The van der Waals surface area contributed by atoms with Crippen molar-refractivity contribution in [2.75, 3.05) is 11.4 Å². The van der Waals surface area contributed by atoms with Crippen LogP contribution in [0.25, 0.3) is 10.2 Å². The van der Waals surface area contributed by atoms with Crippen LogP contribution in [-0.4, -0.2) is 17.3 Å². The van der Waals surface area contributed by atoms with E-state index in [4.69, 9.17) is 21.0 Å². The number of carbonyl (C=O) groups is 1. The Hall–Kier alpha value is -2.63. The van der Waals surface area contributed by atoms with E-state index in [0.29, 0.717) is 10.8 Å². The van der Waals surface area contributed by atoms with Crippen LogP contribution < -0.4 is 4.90 Å². The molecule has 0 saturated carbocycles. The maximum absolute atomic E-state index is 12.7. The Bertz CT molecular complexity index is 1040. The number of halogens is 1. The van der Waals surface area contributed by atoms with Gasteiger partial charge in [-0.15, -0.1) is 0 Å².